The molecular formula is C29H52. The minimum atomic E-state index is 0.795. The van der Waals surface area contributed by atoms with E-state index in [1.165, 1.54) is 38.5 Å². The Hall–Kier alpha value is 0. The molecule has 0 saturated heterocycles. The molecule has 0 aromatic carbocycles. The molecule has 0 radical (unpaired) electrons. The van der Waals surface area contributed by atoms with Crippen LogP contribution in [0.1, 0.15) is 149 Å². The first-order valence-corrected chi connectivity index (χ1v) is 14.2. The van der Waals surface area contributed by atoms with Gasteiger partial charge in [0.25, 0.3) is 0 Å². The first kappa shape index (κ1) is 22.2. The largest absolute Gasteiger partial charge is 0.0654 e. The molecule has 0 aromatic rings. The second-order valence-electron chi connectivity index (χ2n) is 12.4. The van der Waals surface area contributed by atoms with Crippen LogP contribution in [0.2, 0.25) is 0 Å². The Bertz CT molecular complexity index is 450. The van der Waals surface area contributed by atoms with E-state index in [4.69, 9.17) is 0 Å². The molecule has 0 heterocycles. The Labute approximate surface area is 183 Å². The molecule has 5 aliphatic carbocycles. The lowest BCUT2D eigenvalue weighted by Gasteiger charge is -2.58. The summed E-state index contributed by atoms with van der Waals surface area (Å²) in [7, 11) is 0. The number of hydrogen-bond acceptors (Lipinski definition) is 0. The Morgan fingerprint density at radius 1 is 0.586 bits per heavy atom. The molecule has 29 heavy (non-hydrogen) atoms. The minimum Gasteiger partial charge on any atom is -0.0654 e. The molecule has 168 valence electrons. The van der Waals surface area contributed by atoms with E-state index in [2.05, 4.69) is 13.8 Å². The summed E-state index contributed by atoms with van der Waals surface area (Å²) in [6.07, 6.45) is 32.6. The SMILES string of the molecule is CCCCCCC12CCC(C3CCC([C@H]4CC[C@H](CCC)CC4)CC3)(CC1)CC2. The normalized spacial score (nSPS) is 42.8. The highest BCUT2D eigenvalue weighted by Gasteiger charge is 2.51. The van der Waals surface area contributed by atoms with Crippen molar-refractivity contribution in [3.8, 4) is 0 Å². The summed E-state index contributed by atoms with van der Waals surface area (Å²) in [5.41, 5.74) is 1.60. The van der Waals surface area contributed by atoms with Crippen molar-refractivity contribution in [2.75, 3.05) is 0 Å². The molecular weight excluding hydrogens is 348 g/mol. The predicted molar refractivity (Wildman–Crippen MR) is 127 cm³/mol. The molecule has 5 aliphatic rings. The van der Waals surface area contributed by atoms with Crippen LogP contribution in [0, 0.1) is 34.5 Å². The van der Waals surface area contributed by atoms with Gasteiger partial charge in [-0.1, -0.05) is 65.2 Å². The van der Waals surface area contributed by atoms with Gasteiger partial charge < -0.3 is 0 Å². The van der Waals surface area contributed by atoms with Crippen LogP contribution in [0.4, 0.5) is 0 Å². The first-order chi connectivity index (χ1) is 14.2. The number of hydrogen-bond donors (Lipinski definition) is 0. The quantitative estimate of drug-likeness (QED) is 0.338. The smallest absolute Gasteiger partial charge is 0.0269 e. The third-order valence-electron chi connectivity index (χ3n) is 10.9. The van der Waals surface area contributed by atoms with Crippen molar-refractivity contribution < 1.29 is 0 Å². The van der Waals surface area contributed by atoms with Gasteiger partial charge in [-0.25, -0.2) is 0 Å². The molecule has 5 rings (SSSR count). The van der Waals surface area contributed by atoms with Gasteiger partial charge >= 0.3 is 0 Å². The van der Waals surface area contributed by atoms with Crippen molar-refractivity contribution >= 4 is 0 Å². The van der Waals surface area contributed by atoms with Crippen LogP contribution in [-0.4, -0.2) is 0 Å². The van der Waals surface area contributed by atoms with Crippen LogP contribution >= 0.6 is 0 Å². The average molecular weight is 401 g/mol. The molecule has 0 aromatic heterocycles. The van der Waals surface area contributed by atoms with E-state index in [-0.39, 0.29) is 0 Å². The standard InChI is InChI=1S/C29H52/c1-3-5-6-7-17-28-18-21-29(22-19-28,23-20-28)27-15-13-26(14-16-27)25-11-9-24(8-4-2)10-12-25/h24-27H,3-23H2,1-2H3/t24-,25-,26?,27?,28?,29?. The lowest BCUT2D eigenvalue weighted by Crippen LogP contribution is -2.46. The monoisotopic (exact) mass is 400 g/mol. The fourth-order valence-electron chi connectivity index (χ4n) is 8.77. The topological polar surface area (TPSA) is 0 Å². The lowest BCUT2D eigenvalue weighted by molar-refractivity contribution is -0.0680. The fourth-order valence-corrected chi connectivity index (χ4v) is 8.77. The van der Waals surface area contributed by atoms with Crippen LogP contribution in [0.15, 0.2) is 0 Å². The van der Waals surface area contributed by atoms with Gasteiger partial charge in [-0.3, -0.25) is 0 Å². The highest BCUT2D eigenvalue weighted by atomic mass is 14.6. The molecule has 0 heteroatoms. The van der Waals surface area contributed by atoms with Crippen LogP contribution in [0.5, 0.6) is 0 Å². The van der Waals surface area contributed by atoms with E-state index in [1.807, 2.05) is 0 Å². The molecule has 0 unspecified atom stereocenters. The second kappa shape index (κ2) is 10.1. The van der Waals surface area contributed by atoms with Crippen molar-refractivity contribution in [2.45, 2.75) is 149 Å². The van der Waals surface area contributed by atoms with Crippen LogP contribution in [0.3, 0.4) is 0 Å². The maximum absolute atomic E-state index is 2.37. The summed E-state index contributed by atoms with van der Waals surface area (Å²) in [6.45, 7) is 4.72. The molecule has 5 fully saturated rings. The number of fused-ring (bicyclic) bond motifs is 3. The molecule has 5 saturated carbocycles. The predicted octanol–water partition coefficient (Wildman–Crippen LogP) is 9.71. The average Bonchev–Trinajstić information content (AvgIpc) is 2.79. The number of rotatable bonds is 9. The summed E-state index contributed by atoms with van der Waals surface area (Å²) in [4.78, 5) is 0. The van der Waals surface area contributed by atoms with Gasteiger partial charge in [-0.2, -0.15) is 0 Å². The zero-order valence-corrected chi connectivity index (χ0v) is 20.2. The van der Waals surface area contributed by atoms with E-state index >= 15 is 0 Å². The van der Waals surface area contributed by atoms with Crippen LogP contribution in [0.25, 0.3) is 0 Å². The van der Waals surface area contributed by atoms with Gasteiger partial charge in [0.1, 0.15) is 0 Å². The van der Waals surface area contributed by atoms with Gasteiger partial charge in [-0.15, -0.1) is 0 Å². The molecule has 0 aliphatic heterocycles. The molecule has 0 nitrogen and oxygen atoms in total. The fraction of sp³-hybridized carbons (Fsp3) is 1.00. The highest BCUT2D eigenvalue weighted by Crippen LogP contribution is 2.63. The van der Waals surface area contributed by atoms with Crippen molar-refractivity contribution in [1.82, 2.24) is 0 Å². The molecule has 0 N–H and O–H groups in total. The number of unbranched alkanes of at least 4 members (excludes halogenated alkanes) is 3. The molecule has 2 bridgehead atoms. The van der Waals surface area contributed by atoms with E-state index in [0.29, 0.717) is 0 Å². The maximum Gasteiger partial charge on any atom is -0.0269 e. The van der Waals surface area contributed by atoms with Gasteiger partial charge in [0.2, 0.25) is 0 Å². The Kier molecular flexibility index (Phi) is 7.72. The Balaban J connectivity index is 1.21. The Morgan fingerprint density at radius 3 is 1.72 bits per heavy atom. The summed E-state index contributed by atoms with van der Waals surface area (Å²) >= 11 is 0. The molecule has 0 spiro atoms. The van der Waals surface area contributed by atoms with Crippen molar-refractivity contribution in [3.05, 3.63) is 0 Å². The van der Waals surface area contributed by atoms with E-state index < -0.39 is 0 Å². The molecule has 0 amide bonds. The van der Waals surface area contributed by atoms with Gasteiger partial charge in [0, 0.05) is 0 Å². The van der Waals surface area contributed by atoms with Crippen LogP contribution in [-0.2, 0) is 0 Å². The Morgan fingerprint density at radius 2 is 1.17 bits per heavy atom. The summed E-state index contributed by atoms with van der Waals surface area (Å²) in [5.74, 6) is 4.40. The third kappa shape index (κ3) is 5.09. The third-order valence-corrected chi connectivity index (χ3v) is 10.9. The molecule has 0 atom stereocenters. The van der Waals surface area contributed by atoms with E-state index in [9.17, 15) is 0 Å². The highest BCUT2D eigenvalue weighted by molar-refractivity contribution is 5.03. The van der Waals surface area contributed by atoms with E-state index in [1.54, 1.807) is 96.3 Å². The zero-order valence-electron chi connectivity index (χ0n) is 20.2. The van der Waals surface area contributed by atoms with Crippen molar-refractivity contribution in [1.29, 1.82) is 0 Å². The van der Waals surface area contributed by atoms with Crippen molar-refractivity contribution in [2.24, 2.45) is 34.5 Å². The van der Waals surface area contributed by atoms with Gasteiger partial charge in [-0.05, 0) is 118 Å². The summed E-state index contributed by atoms with van der Waals surface area (Å²) in [6, 6.07) is 0. The van der Waals surface area contributed by atoms with Gasteiger partial charge in [0.05, 0.1) is 0 Å². The lowest BCUT2D eigenvalue weighted by atomic mass is 9.47. The van der Waals surface area contributed by atoms with Gasteiger partial charge in [0.15, 0.2) is 0 Å². The first-order valence-electron chi connectivity index (χ1n) is 14.2. The minimum absolute atomic E-state index is 0.795. The second-order valence-corrected chi connectivity index (χ2v) is 12.4. The van der Waals surface area contributed by atoms with E-state index in [0.717, 1.165) is 34.5 Å². The van der Waals surface area contributed by atoms with Crippen LogP contribution < -0.4 is 0 Å². The summed E-state index contributed by atoms with van der Waals surface area (Å²) in [5, 5.41) is 0. The summed E-state index contributed by atoms with van der Waals surface area (Å²) < 4.78 is 0. The zero-order chi connectivity index (χ0) is 20.2. The van der Waals surface area contributed by atoms with Crippen molar-refractivity contribution in [3.63, 3.8) is 0 Å². The maximum atomic E-state index is 2.37.